The molecule has 360 valence electrons. The summed E-state index contributed by atoms with van der Waals surface area (Å²) in [5.74, 6) is -1.15. The van der Waals surface area contributed by atoms with Crippen molar-refractivity contribution in [3.63, 3.8) is 0 Å². The van der Waals surface area contributed by atoms with Crippen LogP contribution in [0.2, 0.25) is 0 Å². The monoisotopic (exact) mass is 963 g/mol. The molecule has 4 amide bonds. The third kappa shape index (κ3) is 10.4. The van der Waals surface area contributed by atoms with Crippen molar-refractivity contribution in [1.29, 1.82) is 0 Å². The van der Waals surface area contributed by atoms with Gasteiger partial charge >= 0.3 is 7.75 Å². The first-order valence-electron chi connectivity index (χ1n) is 21.6. The largest absolute Gasteiger partial charge is 0.493 e. The number of hydrogen-bond acceptors (Lipinski definition) is 12. The number of ether oxygens (including phenoxy) is 3. The summed E-state index contributed by atoms with van der Waals surface area (Å²) in [5.41, 5.74) is 3.65. The molecular formula is C46H50N11O11P. The number of hydrogen-bond donors (Lipinski definition) is 5. The number of amides is 4. The van der Waals surface area contributed by atoms with Gasteiger partial charge in [0.1, 0.15) is 11.4 Å². The van der Waals surface area contributed by atoms with Crippen LogP contribution in [0, 0.1) is 0 Å². The average molecular weight is 964 g/mol. The predicted molar refractivity (Wildman–Crippen MR) is 256 cm³/mol. The van der Waals surface area contributed by atoms with Crippen molar-refractivity contribution in [1.82, 2.24) is 28.2 Å². The van der Waals surface area contributed by atoms with E-state index in [1.807, 2.05) is 0 Å². The van der Waals surface area contributed by atoms with Crippen LogP contribution in [-0.4, -0.2) is 115 Å². The van der Waals surface area contributed by atoms with Crippen LogP contribution in [0.25, 0.3) is 10.9 Å². The number of nitrogens with zero attached hydrogens (tertiary/aromatic N) is 7. The van der Waals surface area contributed by atoms with E-state index in [4.69, 9.17) is 18.7 Å². The molecule has 0 saturated carbocycles. The first kappa shape index (κ1) is 47.7. The highest BCUT2D eigenvalue weighted by molar-refractivity contribution is 7.54. The molecule has 6 aromatic rings. The van der Waals surface area contributed by atoms with Gasteiger partial charge in [-0.3, -0.25) is 43.1 Å². The number of anilines is 4. The van der Waals surface area contributed by atoms with E-state index in [1.165, 1.54) is 52.4 Å². The number of rotatable bonds is 18. The van der Waals surface area contributed by atoms with Crippen LogP contribution in [0.3, 0.4) is 0 Å². The molecule has 1 fully saturated rings. The Morgan fingerprint density at radius 2 is 1.62 bits per heavy atom. The standard InChI is InChI=1S/C46H50N11O11P/c1-27-17-30-22-47-34-21-39(38(66-6)20-32(34)45(61)57(30)23-27)67-14-8-11-41(58)50-40-26-55(4)42(51-40)44(60)49-28-18-36(53(2)24-28)43(59)48-29-19-37(54(3)25-29)46(62)56-13-12-31-33(9-7-10-35(31)56)52-69(63,64)68-16-15-65-5/h7,9-10,12-13,18-22,24-26,30H,1,8,11,14-17,23H2,2-6H3,(H,48,59)(H,49,60)(H,50,58)(H2,52,63,64)/t30-/m0/s1. The fraction of sp³-hybridized carbons (Fsp3) is 0.283. The van der Waals surface area contributed by atoms with E-state index in [2.05, 4.69) is 37.6 Å². The lowest BCUT2D eigenvalue weighted by atomic mass is 10.1. The number of carbonyl (C=O) groups is 5. The summed E-state index contributed by atoms with van der Waals surface area (Å²) >= 11 is 0. The van der Waals surface area contributed by atoms with E-state index >= 15 is 0 Å². The van der Waals surface area contributed by atoms with E-state index in [-0.39, 0.29) is 72.8 Å². The van der Waals surface area contributed by atoms with Crippen molar-refractivity contribution in [2.45, 2.75) is 25.3 Å². The molecule has 5 N–H and O–H groups in total. The Kier molecular flexibility index (Phi) is 13.7. The molecule has 8 rings (SSSR count). The zero-order valence-electron chi connectivity index (χ0n) is 38.3. The van der Waals surface area contributed by atoms with E-state index in [9.17, 15) is 33.4 Å². The highest BCUT2D eigenvalue weighted by atomic mass is 31.2. The Bertz CT molecular complexity index is 3110. The predicted octanol–water partition coefficient (Wildman–Crippen LogP) is 5.71. The first-order valence-corrected chi connectivity index (χ1v) is 23.1. The van der Waals surface area contributed by atoms with E-state index in [0.717, 1.165) is 5.57 Å². The summed E-state index contributed by atoms with van der Waals surface area (Å²) in [5, 5.41) is 11.3. The van der Waals surface area contributed by atoms with Crippen LogP contribution in [0.1, 0.15) is 61.2 Å². The zero-order chi connectivity index (χ0) is 49.1. The lowest BCUT2D eigenvalue weighted by molar-refractivity contribution is -0.116. The normalized spacial score (nSPS) is 15.0. The van der Waals surface area contributed by atoms with Gasteiger partial charge in [0.2, 0.25) is 11.7 Å². The fourth-order valence-corrected chi connectivity index (χ4v) is 8.93. The molecule has 0 radical (unpaired) electrons. The molecule has 0 spiro atoms. The Labute approximate surface area is 395 Å². The van der Waals surface area contributed by atoms with Crippen LogP contribution in [0.4, 0.5) is 28.6 Å². The summed E-state index contributed by atoms with van der Waals surface area (Å²) in [4.78, 5) is 87.7. The second-order valence-corrected chi connectivity index (χ2v) is 17.9. The van der Waals surface area contributed by atoms with Crippen LogP contribution >= 0.6 is 7.75 Å². The van der Waals surface area contributed by atoms with Crippen LogP contribution in [0.5, 0.6) is 11.5 Å². The molecular weight excluding hydrogens is 914 g/mol. The van der Waals surface area contributed by atoms with Crippen molar-refractivity contribution >= 4 is 83.0 Å². The van der Waals surface area contributed by atoms with Gasteiger partial charge in [-0.25, -0.2) is 9.55 Å². The van der Waals surface area contributed by atoms with E-state index in [0.29, 0.717) is 64.4 Å². The molecule has 69 heavy (non-hydrogen) atoms. The fourth-order valence-electron chi connectivity index (χ4n) is 8.04. The van der Waals surface area contributed by atoms with Gasteiger partial charge in [0, 0.05) is 83.7 Å². The SMILES string of the molecule is C=C1C[C@H]2C=Nc3cc(OCCCC(=O)Nc4cn(C)c(C(=O)Nc5cc(C(=O)Nc6cc(C(=O)n7ccc8c(NP(=O)(O)OCCOC)cccc87)n(C)c6)n(C)c5)n4)c(OC)cc3C(=O)N2C1. The van der Waals surface area contributed by atoms with Crippen LogP contribution < -0.4 is 30.5 Å². The average Bonchev–Trinajstić information content (AvgIpc) is 4.14. The molecule has 0 aliphatic carbocycles. The number of methoxy groups -OCH3 is 2. The number of carbonyl (C=O) groups excluding carboxylic acids is 5. The Morgan fingerprint density at radius 3 is 2.38 bits per heavy atom. The number of benzene rings is 2. The Hall–Kier alpha value is -7.78. The van der Waals surface area contributed by atoms with Crippen LogP contribution in [-0.2, 0) is 39.8 Å². The van der Waals surface area contributed by atoms with Gasteiger partial charge in [-0.1, -0.05) is 18.2 Å². The number of fused-ring (bicyclic) bond motifs is 3. The molecule has 1 saturated heterocycles. The van der Waals surface area contributed by atoms with Gasteiger partial charge in [-0.15, -0.1) is 0 Å². The van der Waals surface area contributed by atoms with Crippen molar-refractivity contribution in [3.8, 4) is 11.5 Å². The van der Waals surface area contributed by atoms with E-state index in [1.54, 1.807) is 85.6 Å². The summed E-state index contributed by atoms with van der Waals surface area (Å²) < 4.78 is 39.9. The van der Waals surface area contributed by atoms with Crippen LogP contribution in [0.15, 0.2) is 90.5 Å². The van der Waals surface area contributed by atoms with Crippen molar-refractivity contribution in [2.75, 3.05) is 61.6 Å². The summed E-state index contributed by atoms with van der Waals surface area (Å²) in [6.45, 7) is 4.67. The summed E-state index contributed by atoms with van der Waals surface area (Å²) in [6.07, 6.45) is 8.99. The topological polar surface area (TPSA) is 256 Å². The third-order valence-corrected chi connectivity index (χ3v) is 12.4. The zero-order valence-corrected chi connectivity index (χ0v) is 39.2. The second-order valence-electron chi connectivity index (χ2n) is 16.4. The molecule has 2 atom stereocenters. The van der Waals surface area contributed by atoms with Gasteiger partial charge in [0.15, 0.2) is 17.3 Å². The number of aryl methyl sites for hydroxylation is 3. The lowest BCUT2D eigenvalue weighted by Gasteiger charge is -2.20. The van der Waals surface area contributed by atoms with Crippen molar-refractivity contribution < 1.29 is 52.2 Å². The number of nitrogens with one attached hydrogen (secondary N) is 4. The summed E-state index contributed by atoms with van der Waals surface area (Å²) in [7, 11) is 3.58. The van der Waals surface area contributed by atoms with E-state index < -0.39 is 25.5 Å². The molecule has 1 unspecified atom stereocenters. The maximum absolute atomic E-state index is 13.8. The van der Waals surface area contributed by atoms with Gasteiger partial charge in [-0.2, -0.15) is 0 Å². The van der Waals surface area contributed by atoms with Gasteiger partial charge in [-0.05, 0) is 49.2 Å². The second kappa shape index (κ2) is 19.8. The Balaban J connectivity index is 0.836. The van der Waals surface area contributed by atoms with Gasteiger partial charge < -0.3 is 53.7 Å². The minimum absolute atomic E-state index is 0.00454. The molecule has 2 aliphatic heterocycles. The maximum atomic E-state index is 13.8. The highest BCUT2D eigenvalue weighted by Crippen LogP contribution is 2.44. The van der Waals surface area contributed by atoms with Crippen molar-refractivity contribution in [3.05, 3.63) is 108 Å². The molecule has 6 heterocycles. The molecule has 2 aromatic carbocycles. The quantitative estimate of drug-likeness (QED) is 0.0393. The number of imidazole rings is 1. The summed E-state index contributed by atoms with van der Waals surface area (Å²) in [6, 6.07) is 12.7. The molecule has 0 bridgehead atoms. The molecule has 23 heteroatoms. The Morgan fingerprint density at radius 1 is 0.884 bits per heavy atom. The van der Waals surface area contributed by atoms with Gasteiger partial charge in [0.05, 0.1) is 66.8 Å². The smallest absolute Gasteiger partial charge is 0.430 e. The molecule has 4 aromatic heterocycles. The molecule has 2 aliphatic rings. The van der Waals surface area contributed by atoms with Gasteiger partial charge in [0.25, 0.3) is 23.6 Å². The highest BCUT2D eigenvalue weighted by Gasteiger charge is 2.34. The lowest BCUT2D eigenvalue weighted by Crippen LogP contribution is -2.35. The minimum atomic E-state index is -4.23. The number of aliphatic imine (C=N–C) groups is 1. The third-order valence-electron chi connectivity index (χ3n) is 11.3. The molecule has 22 nitrogen and oxygen atoms in total. The minimum Gasteiger partial charge on any atom is -0.493 e. The first-order chi connectivity index (χ1) is 33.0. The maximum Gasteiger partial charge on any atom is 0.430 e. The number of aromatic nitrogens is 5. The van der Waals surface area contributed by atoms with Crippen molar-refractivity contribution in [2.24, 2.45) is 26.1 Å².